The quantitative estimate of drug-likeness (QED) is 0.912. The summed E-state index contributed by atoms with van der Waals surface area (Å²) in [6.07, 6.45) is 0. The van der Waals surface area contributed by atoms with Crippen LogP contribution in [0.1, 0.15) is 10.4 Å². The van der Waals surface area contributed by atoms with E-state index in [0.29, 0.717) is 11.3 Å². The molecular formula is C19H19N3O3. The van der Waals surface area contributed by atoms with Crippen molar-refractivity contribution in [3.63, 3.8) is 0 Å². The van der Waals surface area contributed by atoms with Crippen molar-refractivity contribution in [2.75, 3.05) is 48.0 Å². The van der Waals surface area contributed by atoms with Crippen molar-refractivity contribution < 1.29 is 14.3 Å². The lowest BCUT2D eigenvalue weighted by atomic mass is 10.1. The molecule has 2 aromatic rings. The molecule has 0 bridgehead atoms. The molecule has 0 unspecified atom stereocenters. The number of hydrogen-bond acceptors (Lipinski definition) is 4. The molecule has 1 N–H and O–H groups in total. The van der Waals surface area contributed by atoms with E-state index in [2.05, 4.69) is 10.2 Å². The van der Waals surface area contributed by atoms with Gasteiger partial charge >= 0.3 is 0 Å². The highest BCUT2D eigenvalue weighted by molar-refractivity contribution is 6.15. The van der Waals surface area contributed by atoms with E-state index in [-0.39, 0.29) is 18.4 Å². The number of anilines is 3. The Balaban J connectivity index is 1.58. The summed E-state index contributed by atoms with van der Waals surface area (Å²) in [5, 5.41) is 2.80. The minimum Gasteiger partial charge on any atom is -0.378 e. The molecule has 0 aromatic heterocycles. The summed E-state index contributed by atoms with van der Waals surface area (Å²) in [5.41, 5.74) is 3.04. The average Bonchev–Trinajstić information content (AvgIpc) is 2.67. The van der Waals surface area contributed by atoms with Gasteiger partial charge in [-0.2, -0.15) is 0 Å². The van der Waals surface area contributed by atoms with Crippen LogP contribution in [0, 0.1) is 0 Å². The van der Waals surface area contributed by atoms with Crippen LogP contribution in [0.4, 0.5) is 17.1 Å². The second-order valence-electron chi connectivity index (χ2n) is 6.10. The van der Waals surface area contributed by atoms with Gasteiger partial charge in [0.15, 0.2) is 0 Å². The van der Waals surface area contributed by atoms with Crippen LogP contribution in [0.3, 0.4) is 0 Å². The number of benzene rings is 2. The summed E-state index contributed by atoms with van der Waals surface area (Å²) < 4.78 is 5.37. The molecule has 2 amide bonds. The first-order valence-corrected chi connectivity index (χ1v) is 8.36. The molecule has 6 heteroatoms. The number of para-hydroxylation sites is 2. The molecule has 0 radical (unpaired) electrons. The number of carbonyl (C=O) groups excluding carboxylic acids is 2. The number of ether oxygens (including phenoxy) is 1. The first-order valence-electron chi connectivity index (χ1n) is 8.36. The topological polar surface area (TPSA) is 61.9 Å². The summed E-state index contributed by atoms with van der Waals surface area (Å²) >= 11 is 0. The molecule has 4 rings (SSSR count). The maximum Gasteiger partial charge on any atom is 0.258 e. The maximum atomic E-state index is 12.9. The van der Waals surface area contributed by atoms with Crippen LogP contribution in [0.2, 0.25) is 0 Å². The van der Waals surface area contributed by atoms with Crippen molar-refractivity contribution in [3.8, 4) is 0 Å². The Hall–Kier alpha value is -2.86. The summed E-state index contributed by atoms with van der Waals surface area (Å²) in [7, 11) is 0. The van der Waals surface area contributed by atoms with Crippen molar-refractivity contribution in [3.05, 3.63) is 54.1 Å². The monoisotopic (exact) mass is 337 g/mol. The lowest BCUT2D eigenvalue weighted by molar-refractivity contribution is -0.115. The van der Waals surface area contributed by atoms with Gasteiger partial charge in [-0.25, -0.2) is 0 Å². The number of nitrogens with zero attached hydrogens (tertiary/aromatic N) is 2. The highest BCUT2D eigenvalue weighted by Crippen LogP contribution is 2.30. The molecule has 0 saturated carbocycles. The molecule has 128 valence electrons. The van der Waals surface area contributed by atoms with E-state index >= 15 is 0 Å². The second kappa shape index (κ2) is 6.57. The molecule has 2 heterocycles. The van der Waals surface area contributed by atoms with Gasteiger partial charge in [-0.3, -0.25) is 14.5 Å². The van der Waals surface area contributed by atoms with Gasteiger partial charge in [-0.1, -0.05) is 12.1 Å². The number of rotatable bonds is 2. The summed E-state index contributed by atoms with van der Waals surface area (Å²) in [6, 6.07) is 14.9. The van der Waals surface area contributed by atoms with Crippen LogP contribution < -0.4 is 15.1 Å². The number of amides is 2. The van der Waals surface area contributed by atoms with Gasteiger partial charge in [0.25, 0.3) is 5.91 Å². The molecule has 2 aliphatic heterocycles. The third kappa shape index (κ3) is 3.08. The molecular weight excluding hydrogens is 318 g/mol. The number of hydrogen-bond donors (Lipinski definition) is 1. The lowest BCUT2D eigenvalue weighted by Gasteiger charge is -2.30. The highest BCUT2D eigenvalue weighted by Gasteiger charge is 2.27. The predicted octanol–water partition coefficient (Wildman–Crippen LogP) is 2.12. The van der Waals surface area contributed by atoms with Gasteiger partial charge in [-0.05, 0) is 36.4 Å². The van der Waals surface area contributed by atoms with Crippen LogP contribution in [0.15, 0.2) is 48.5 Å². The van der Waals surface area contributed by atoms with Gasteiger partial charge < -0.3 is 15.0 Å². The Morgan fingerprint density at radius 2 is 1.72 bits per heavy atom. The van der Waals surface area contributed by atoms with Crippen LogP contribution in [0.5, 0.6) is 0 Å². The first kappa shape index (κ1) is 15.7. The van der Waals surface area contributed by atoms with Gasteiger partial charge in [0.1, 0.15) is 6.54 Å². The first-order chi connectivity index (χ1) is 12.2. The Labute approximate surface area is 146 Å². The Kier molecular flexibility index (Phi) is 4.11. The molecule has 0 aliphatic carbocycles. The van der Waals surface area contributed by atoms with Gasteiger partial charge in [0.05, 0.1) is 24.6 Å². The van der Waals surface area contributed by atoms with Gasteiger partial charge in [-0.15, -0.1) is 0 Å². The molecule has 1 saturated heterocycles. The predicted molar refractivity (Wildman–Crippen MR) is 96.2 cm³/mol. The molecule has 0 spiro atoms. The van der Waals surface area contributed by atoms with E-state index in [0.717, 1.165) is 37.7 Å². The molecule has 6 nitrogen and oxygen atoms in total. The average molecular weight is 337 g/mol. The van der Waals surface area contributed by atoms with E-state index in [4.69, 9.17) is 4.74 Å². The summed E-state index contributed by atoms with van der Waals surface area (Å²) in [5.74, 6) is -0.354. The van der Waals surface area contributed by atoms with Crippen molar-refractivity contribution in [2.45, 2.75) is 0 Å². The number of morpholine rings is 1. The lowest BCUT2D eigenvalue weighted by Crippen LogP contribution is -2.42. The second-order valence-corrected chi connectivity index (χ2v) is 6.10. The van der Waals surface area contributed by atoms with Crippen LogP contribution >= 0.6 is 0 Å². The van der Waals surface area contributed by atoms with Crippen LogP contribution in [-0.4, -0.2) is 44.7 Å². The minimum absolute atomic E-state index is 0.0288. The largest absolute Gasteiger partial charge is 0.378 e. The molecule has 2 aliphatic rings. The Bertz CT molecular complexity index is 798. The van der Waals surface area contributed by atoms with Crippen LogP contribution in [0.25, 0.3) is 0 Å². The summed E-state index contributed by atoms with van der Waals surface area (Å²) in [4.78, 5) is 28.6. The van der Waals surface area contributed by atoms with Crippen molar-refractivity contribution >= 4 is 28.9 Å². The zero-order chi connectivity index (χ0) is 17.2. The SMILES string of the molecule is O=C1CN(C(=O)c2ccc(N3CCOCC3)cc2)c2ccccc2N1. The number of fused-ring (bicyclic) bond motifs is 1. The van der Waals surface area contributed by atoms with E-state index in [1.807, 2.05) is 42.5 Å². The van der Waals surface area contributed by atoms with Crippen molar-refractivity contribution in [2.24, 2.45) is 0 Å². The van der Waals surface area contributed by atoms with E-state index < -0.39 is 0 Å². The summed E-state index contributed by atoms with van der Waals surface area (Å²) in [6.45, 7) is 3.18. The minimum atomic E-state index is -0.183. The molecule has 1 fully saturated rings. The maximum absolute atomic E-state index is 12.9. The fraction of sp³-hybridized carbons (Fsp3) is 0.263. The Morgan fingerprint density at radius 1 is 1.00 bits per heavy atom. The van der Waals surface area contributed by atoms with E-state index in [1.54, 1.807) is 6.07 Å². The third-order valence-corrected chi connectivity index (χ3v) is 4.51. The normalized spacial score (nSPS) is 17.0. The number of carbonyl (C=O) groups is 2. The van der Waals surface area contributed by atoms with Crippen molar-refractivity contribution in [1.29, 1.82) is 0 Å². The third-order valence-electron chi connectivity index (χ3n) is 4.51. The van der Waals surface area contributed by atoms with Gasteiger partial charge in [0.2, 0.25) is 5.91 Å². The Morgan fingerprint density at radius 3 is 2.48 bits per heavy atom. The fourth-order valence-electron chi connectivity index (χ4n) is 3.21. The molecule has 25 heavy (non-hydrogen) atoms. The smallest absolute Gasteiger partial charge is 0.258 e. The zero-order valence-electron chi connectivity index (χ0n) is 13.8. The molecule has 2 aromatic carbocycles. The molecule has 0 atom stereocenters. The standard InChI is InChI=1S/C19H19N3O3/c23-18-13-22(17-4-2-1-3-16(17)20-18)19(24)14-5-7-15(8-6-14)21-9-11-25-12-10-21/h1-8H,9-13H2,(H,20,23). The number of nitrogens with one attached hydrogen (secondary N) is 1. The highest BCUT2D eigenvalue weighted by atomic mass is 16.5. The van der Waals surface area contributed by atoms with Crippen LogP contribution in [-0.2, 0) is 9.53 Å². The fourth-order valence-corrected chi connectivity index (χ4v) is 3.21. The van der Waals surface area contributed by atoms with Gasteiger partial charge in [0, 0.05) is 24.3 Å². The zero-order valence-corrected chi connectivity index (χ0v) is 13.8. The van der Waals surface area contributed by atoms with E-state index in [1.165, 1.54) is 4.90 Å². The van der Waals surface area contributed by atoms with E-state index in [9.17, 15) is 9.59 Å². The van der Waals surface area contributed by atoms with Crippen molar-refractivity contribution in [1.82, 2.24) is 0 Å².